The number of hydrogen-bond donors (Lipinski definition) is 2. The van der Waals surface area contributed by atoms with Crippen LogP contribution in [0.5, 0.6) is 5.75 Å². The van der Waals surface area contributed by atoms with Crippen LogP contribution in [0.4, 0.5) is 5.69 Å². The topological polar surface area (TPSA) is 114 Å². The van der Waals surface area contributed by atoms with Crippen molar-refractivity contribution in [1.29, 1.82) is 0 Å². The van der Waals surface area contributed by atoms with E-state index in [0.717, 1.165) is 0 Å². The Balaban J connectivity index is 1.38. The number of rotatable bonds is 5. The molecule has 3 fully saturated rings. The van der Waals surface area contributed by atoms with E-state index in [-0.39, 0.29) is 12.5 Å². The van der Waals surface area contributed by atoms with Crippen molar-refractivity contribution in [3.8, 4) is 5.75 Å². The Hall–Kier alpha value is -2.24. The smallest absolute Gasteiger partial charge is 0.252 e. The standard InChI is InChI=1S/C21H28N2O8/c1-20(2)28-14-15(29-20)17-19(31-21(3,4)30-17)27-16(14)18(25)22-10-13(24)23-11-6-8-12(26-5)9-7-11/h6-9,14-17,19H,10H2,1-5H3,(H,22,25)(H,23,24)/t14-,15-,16+,17+,19-/m0/s1. The Kier molecular flexibility index (Phi) is 5.69. The fourth-order valence-corrected chi connectivity index (χ4v) is 3.97. The van der Waals surface area contributed by atoms with Gasteiger partial charge < -0.3 is 39.1 Å². The Morgan fingerprint density at radius 1 is 0.935 bits per heavy atom. The Morgan fingerprint density at radius 3 is 2.23 bits per heavy atom. The minimum Gasteiger partial charge on any atom is -0.497 e. The van der Waals surface area contributed by atoms with Gasteiger partial charge in [0.2, 0.25) is 5.91 Å². The maximum Gasteiger partial charge on any atom is 0.252 e. The molecule has 0 aromatic heterocycles. The monoisotopic (exact) mass is 436 g/mol. The number of anilines is 1. The van der Waals surface area contributed by atoms with Gasteiger partial charge in [0, 0.05) is 5.69 Å². The average molecular weight is 436 g/mol. The minimum atomic E-state index is -1.01. The van der Waals surface area contributed by atoms with Gasteiger partial charge in [-0.1, -0.05) is 0 Å². The summed E-state index contributed by atoms with van der Waals surface area (Å²) in [5, 5.41) is 5.31. The highest BCUT2D eigenvalue weighted by Gasteiger charge is 2.62. The first-order valence-corrected chi connectivity index (χ1v) is 10.2. The highest BCUT2D eigenvalue weighted by molar-refractivity contribution is 5.95. The van der Waals surface area contributed by atoms with Gasteiger partial charge in [0.25, 0.3) is 5.91 Å². The van der Waals surface area contributed by atoms with Gasteiger partial charge >= 0.3 is 0 Å². The molecule has 0 spiro atoms. The summed E-state index contributed by atoms with van der Waals surface area (Å²) >= 11 is 0. The summed E-state index contributed by atoms with van der Waals surface area (Å²) in [6, 6.07) is 6.87. The van der Waals surface area contributed by atoms with Crippen molar-refractivity contribution >= 4 is 17.5 Å². The number of carbonyl (C=O) groups excluding carboxylic acids is 2. The molecule has 3 aliphatic heterocycles. The lowest BCUT2D eigenvalue weighted by Gasteiger charge is -2.36. The molecule has 31 heavy (non-hydrogen) atoms. The third-order valence-corrected chi connectivity index (χ3v) is 5.21. The summed E-state index contributed by atoms with van der Waals surface area (Å²) in [5.74, 6) is -1.98. The molecule has 3 heterocycles. The Labute approximate surface area is 180 Å². The van der Waals surface area contributed by atoms with Crippen molar-refractivity contribution in [2.24, 2.45) is 0 Å². The number of carbonyl (C=O) groups is 2. The number of ether oxygens (including phenoxy) is 6. The largest absolute Gasteiger partial charge is 0.497 e. The van der Waals surface area contributed by atoms with Crippen LogP contribution in [0.1, 0.15) is 27.7 Å². The van der Waals surface area contributed by atoms with E-state index in [4.69, 9.17) is 28.4 Å². The molecule has 10 nitrogen and oxygen atoms in total. The van der Waals surface area contributed by atoms with Crippen LogP contribution in [0, 0.1) is 0 Å². The van der Waals surface area contributed by atoms with E-state index in [1.165, 1.54) is 0 Å². The second-order valence-corrected chi connectivity index (χ2v) is 8.58. The number of methoxy groups -OCH3 is 1. The molecule has 2 amide bonds. The zero-order valence-electron chi connectivity index (χ0n) is 18.2. The molecule has 4 rings (SSSR count). The maximum absolute atomic E-state index is 12.9. The fraction of sp³-hybridized carbons (Fsp3) is 0.619. The Bertz CT molecular complexity index is 840. The van der Waals surface area contributed by atoms with Crippen LogP contribution in [0.2, 0.25) is 0 Å². The van der Waals surface area contributed by atoms with Gasteiger partial charge in [0.15, 0.2) is 24.0 Å². The predicted octanol–water partition coefficient (Wildman–Crippen LogP) is 1.15. The van der Waals surface area contributed by atoms with Crippen molar-refractivity contribution in [2.75, 3.05) is 19.0 Å². The second kappa shape index (κ2) is 8.03. The quantitative estimate of drug-likeness (QED) is 0.707. The van der Waals surface area contributed by atoms with Crippen molar-refractivity contribution in [3.63, 3.8) is 0 Å². The lowest BCUT2D eigenvalue weighted by molar-refractivity contribution is -0.231. The van der Waals surface area contributed by atoms with Crippen LogP contribution >= 0.6 is 0 Å². The van der Waals surface area contributed by atoms with Crippen molar-refractivity contribution in [1.82, 2.24) is 5.32 Å². The fourth-order valence-electron chi connectivity index (χ4n) is 3.97. The van der Waals surface area contributed by atoms with E-state index >= 15 is 0 Å². The first-order valence-electron chi connectivity index (χ1n) is 10.2. The molecule has 0 saturated carbocycles. The van der Waals surface area contributed by atoms with Gasteiger partial charge in [-0.25, -0.2) is 0 Å². The Morgan fingerprint density at radius 2 is 1.55 bits per heavy atom. The van der Waals surface area contributed by atoms with Crippen molar-refractivity contribution < 1.29 is 38.0 Å². The predicted molar refractivity (Wildman–Crippen MR) is 107 cm³/mol. The van der Waals surface area contributed by atoms with Crippen molar-refractivity contribution in [3.05, 3.63) is 24.3 Å². The molecule has 0 unspecified atom stereocenters. The average Bonchev–Trinajstić information content (AvgIpc) is 3.19. The molecule has 0 bridgehead atoms. The number of amides is 2. The van der Waals surface area contributed by atoms with Crippen LogP contribution in [-0.4, -0.2) is 67.7 Å². The van der Waals surface area contributed by atoms with Crippen LogP contribution in [0.15, 0.2) is 24.3 Å². The summed E-state index contributed by atoms with van der Waals surface area (Å²) in [4.78, 5) is 25.1. The van der Waals surface area contributed by atoms with E-state index in [0.29, 0.717) is 11.4 Å². The molecule has 3 saturated heterocycles. The van der Waals surface area contributed by atoms with Crippen molar-refractivity contribution in [2.45, 2.75) is 70.0 Å². The highest BCUT2D eigenvalue weighted by Crippen LogP contribution is 2.44. The second-order valence-electron chi connectivity index (χ2n) is 8.58. The van der Waals surface area contributed by atoms with E-state index in [1.807, 2.05) is 0 Å². The minimum absolute atomic E-state index is 0.233. The van der Waals surface area contributed by atoms with E-state index < -0.39 is 48.2 Å². The van der Waals surface area contributed by atoms with Gasteiger partial charge in [-0.3, -0.25) is 9.59 Å². The number of hydrogen-bond acceptors (Lipinski definition) is 8. The number of nitrogens with one attached hydrogen (secondary N) is 2. The summed E-state index contributed by atoms with van der Waals surface area (Å²) in [6.45, 7) is 6.83. The highest BCUT2D eigenvalue weighted by atomic mass is 16.9. The molecule has 3 aliphatic rings. The normalized spacial score (nSPS) is 32.6. The van der Waals surface area contributed by atoms with Gasteiger partial charge in [-0.2, -0.15) is 0 Å². The van der Waals surface area contributed by atoms with Gasteiger partial charge in [0.1, 0.15) is 24.1 Å². The molecule has 170 valence electrons. The molecular formula is C21H28N2O8. The molecule has 5 atom stereocenters. The summed E-state index contributed by atoms with van der Waals surface area (Å²) in [5.41, 5.74) is 0.588. The SMILES string of the molecule is COc1ccc(NC(=O)CNC(=O)[C@@H]2O[C@H]3OC(C)(C)O[C@@H]3[C@H]3OC(C)(C)O[C@@H]32)cc1. The maximum atomic E-state index is 12.9. The number of fused-ring (bicyclic) bond motifs is 3. The summed E-state index contributed by atoms with van der Waals surface area (Å²) < 4.78 is 34.6. The third-order valence-electron chi connectivity index (χ3n) is 5.21. The van der Waals surface area contributed by atoms with Gasteiger partial charge in [-0.05, 0) is 52.0 Å². The van der Waals surface area contributed by atoms with Crippen LogP contribution in [0.3, 0.4) is 0 Å². The van der Waals surface area contributed by atoms with E-state index in [1.54, 1.807) is 59.1 Å². The molecule has 2 N–H and O–H groups in total. The molecule has 1 aromatic carbocycles. The lowest BCUT2D eigenvalue weighted by atomic mass is 9.98. The summed E-state index contributed by atoms with van der Waals surface area (Å²) in [7, 11) is 1.56. The zero-order valence-corrected chi connectivity index (χ0v) is 18.2. The molecule has 0 radical (unpaired) electrons. The number of benzene rings is 1. The lowest BCUT2D eigenvalue weighted by Crippen LogP contribution is -2.59. The van der Waals surface area contributed by atoms with Gasteiger partial charge in [-0.15, -0.1) is 0 Å². The van der Waals surface area contributed by atoms with Crippen LogP contribution in [-0.2, 0) is 33.3 Å². The van der Waals surface area contributed by atoms with Crippen LogP contribution < -0.4 is 15.4 Å². The first-order chi connectivity index (χ1) is 14.6. The van der Waals surface area contributed by atoms with E-state index in [2.05, 4.69) is 10.6 Å². The molecule has 0 aliphatic carbocycles. The molecule has 10 heteroatoms. The zero-order chi connectivity index (χ0) is 22.4. The molecular weight excluding hydrogens is 408 g/mol. The third kappa shape index (κ3) is 4.68. The molecule has 1 aromatic rings. The first kappa shape index (κ1) is 22.0. The summed E-state index contributed by atoms with van der Waals surface area (Å²) in [6.07, 6.45) is -3.56. The van der Waals surface area contributed by atoms with Gasteiger partial charge in [0.05, 0.1) is 13.7 Å². The van der Waals surface area contributed by atoms with Crippen LogP contribution in [0.25, 0.3) is 0 Å². The van der Waals surface area contributed by atoms with E-state index in [9.17, 15) is 9.59 Å².